The van der Waals surface area contributed by atoms with Crippen molar-refractivity contribution in [2.75, 3.05) is 50.7 Å². The van der Waals surface area contributed by atoms with Crippen molar-refractivity contribution in [3.05, 3.63) is 31.2 Å². The SMILES string of the molecule is C=CC1(C)CC(O)C2(C)C3C(=O)CCC3(CCC2(C)OC(=O)CN2CCN(C(=O)CCn3ccc4c(N5CCC(N)C5)ncnc43)CC2)C(C)C1O. The Bertz CT molecular complexity index is 1730. The van der Waals surface area contributed by atoms with Crippen LogP contribution in [0.25, 0.3) is 11.0 Å². The third-order valence-electron chi connectivity index (χ3n) is 14.4. The zero-order chi connectivity index (χ0) is 37.2. The number of aryl methyl sites for hydroxylation is 1. The molecule has 0 radical (unpaired) electrons. The Morgan fingerprint density at radius 1 is 1.10 bits per heavy atom. The molecule has 9 atom stereocenters. The minimum atomic E-state index is -1.09. The van der Waals surface area contributed by atoms with Gasteiger partial charge >= 0.3 is 5.97 Å². The second kappa shape index (κ2) is 13.5. The van der Waals surface area contributed by atoms with E-state index < -0.39 is 45.9 Å². The molecule has 5 aliphatic rings. The zero-order valence-electron chi connectivity index (χ0n) is 31.3. The first-order chi connectivity index (χ1) is 24.7. The molecule has 2 aromatic heterocycles. The van der Waals surface area contributed by atoms with Crippen LogP contribution in [0.3, 0.4) is 0 Å². The first-order valence-corrected chi connectivity index (χ1v) is 19.2. The topological polar surface area (TPSA) is 167 Å². The van der Waals surface area contributed by atoms with Gasteiger partial charge in [-0.15, -0.1) is 6.58 Å². The number of Topliss-reactive ketones (excluding diaryl/α,β-unsaturated/α-hetero) is 1. The van der Waals surface area contributed by atoms with Gasteiger partial charge in [0.1, 0.15) is 29.2 Å². The van der Waals surface area contributed by atoms with Crippen molar-refractivity contribution < 1.29 is 29.3 Å². The summed E-state index contributed by atoms with van der Waals surface area (Å²) < 4.78 is 8.41. The lowest BCUT2D eigenvalue weighted by Crippen LogP contribution is -2.69. The maximum atomic E-state index is 13.7. The van der Waals surface area contributed by atoms with Crippen LogP contribution in [0.1, 0.15) is 72.6 Å². The van der Waals surface area contributed by atoms with Gasteiger partial charge in [0, 0.05) is 87.6 Å². The van der Waals surface area contributed by atoms with Crippen molar-refractivity contribution in [1.29, 1.82) is 0 Å². The summed E-state index contributed by atoms with van der Waals surface area (Å²) in [4.78, 5) is 55.8. The van der Waals surface area contributed by atoms with Gasteiger partial charge in [-0.05, 0) is 56.4 Å². The van der Waals surface area contributed by atoms with Crippen molar-refractivity contribution in [3.8, 4) is 0 Å². The van der Waals surface area contributed by atoms with E-state index in [1.807, 2.05) is 54.3 Å². The van der Waals surface area contributed by atoms with Crippen LogP contribution in [0.5, 0.6) is 0 Å². The number of hydrogen-bond acceptors (Lipinski definition) is 11. The summed E-state index contributed by atoms with van der Waals surface area (Å²) in [7, 11) is 0. The van der Waals surface area contributed by atoms with Crippen LogP contribution >= 0.6 is 0 Å². The molecule has 2 bridgehead atoms. The highest BCUT2D eigenvalue weighted by molar-refractivity contribution is 5.88. The number of ether oxygens (including phenoxy) is 1. The molecule has 52 heavy (non-hydrogen) atoms. The van der Waals surface area contributed by atoms with E-state index in [0.717, 1.165) is 36.4 Å². The van der Waals surface area contributed by atoms with Gasteiger partial charge in [0.15, 0.2) is 0 Å². The summed E-state index contributed by atoms with van der Waals surface area (Å²) in [5.41, 5.74) is 3.55. The molecule has 2 aromatic rings. The smallest absolute Gasteiger partial charge is 0.320 e. The molecular formula is C39H57N7O6. The average molecular weight is 720 g/mol. The second-order valence-electron chi connectivity index (χ2n) is 17.1. The molecule has 9 unspecified atom stereocenters. The Morgan fingerprint density at radius 3 is 2.54 bits per heavy atom. The van der Waals surface area contributed by atoms with Crippen LogP contribution in [0.2, 0.25) is 0 Å². The van der Waals surface area contributed by atoms with Gasteiger partial charge in [-0.1, -0.05) is 26.8 Å². The normalized spacial score (nSPS) is 38.2. The molecule has 0 spiro atoms. The molecule has 1 amide bonds. The molecule has 3 aliphatic carbocycles. The highest BCUT2D eigenvalue weighted by Crippen LogP contribution is 2.69. The summed E-state index contributed by atoms with van der Waals surface area (Å²) in [5, 5.41) is 24.6. The lowest BCUT2D eigenvalue weighted by molar-refractivity contribution is -0.252. The van der Waals surface area contributed by atoms with E-state index in [9.17, 15) is 24.6 Å². The second-order valence-corrected chi connectivity index (χ2v) is 17.1. The number of ketones is 1. The van der Waals surface area contributed by atoms with Crippen LogP contribution in [0, 0.1) is 28.1 Å². The molecule has 2 saturated heterocycles. The van der Waals surface area contributed by atoms with E-state index in [-0.39, 0.29) is 36.6 Å². The predicted octanol–water partition coefficient (Wildman–Crippen LogP) is 2.52. The van der Waals surface area contributed by atoms with Crippen molar-refractivity contribution in [2.45, 2.75) is 103 Å². The minimum absolute atomic E-state index is 0.0559. The summed E-state index contributed by atoms with van der Waals surface area (Å²) >= 11 is 0. The molecule has 3 saturated carbocycles. The summed E-state index contributed by atoms with van der Waals surface area (Å²) in [6.07, 6.45) is 7.17. The van der Waals surface area contributed by atoms with Crippen LogP contribution in [0.15, 0.2) is 31.2 Å². The fourth-order valence-electron chi connectivity index (χ4n) is 10.9. The van der Waals surface area contributed by atoms with Crippen LogP contribution in [0.4, 0.5) is 5.82 Å². The van der Waals surface area contributed by atoms with E-state index in [0.29, 0.717) is 64.8 Å². The molecule has 4 N–H and O–H groups in total. The molecule has 13 heteroatoms. The molecule has 13 nitrogen and oxygen atoms in total. The number of carbonyl (C=O) groups is 3. The summed E-state index contributed by atoms with van der Waals surface area (Å²) in [6.45, 7) is 16.1. The van der Waals surface area contributed by atoms with E-state index in [2.05, 4.69) is 21.4 Å². The molecule has 284 valence electrons. The van der Waals surface area contributed by atoms with Gasteiger partial charge in [0.2, 0.25) is 5.91 Å². The number of aromatic nitrogens is 3. The van der Waals surface area contributed by atoms with Gasteiger partial charge in [-0.2, -0.15) is 0 Å². The first kappa shape index (κ1) is 36.9. The number of carbonyl (C=O) groups excluding carboxylic acids is 3. The number of nitrogens with zero attached hydrogens (tertiary/aromatic N) is 6. The van der Waals surface area contributed by atoms with Crippen molar-refractivity contribution in [3.63, 3.8) is 0 Å². The maximum Gasteiger partial charge on any atom is 0.320 e. The number of aliphatic hydroxyl groups is 2. The van der Waals surface area contributed by atoms with Crippen molar-refractivity contribution in [2.24, 2.45) is 33.8 Å². The van der Waals surface area contributed by atoms with Gasteiger partial charge in [-0.3, -0.25) is 19.3 Å². The average Bonchev–Trinajstić information content (AvgIpc) is 3.85. The van der Waals surface area contributed by atoms with E-state index in [1.54, 1.807) is 12.4 Å². The van der Waals surface area contributed by atoms with Crippen molar-refractivity contribution >= 4 is 34.5 Å². The van der Waals surface area contributed by atoms with E-state index >= 15 is 0 Å². The fraction of sp³-hybridized carbons (Fsp3) is 0.718. The van der Waals surface area contributed by atoms with Crippen molar-refractivity contribution in [1.82, 2.24) is 24.3 Å². The lowest BCUT2D eigenvalue weighted by atomic mass is 9.42. The van der Waals surface area contributed by atoms with Crippen LogP contribution in [-0.4, -0.2) is 122 Å². The van der Waals surface area contributed by atoms with Gasteiger partial charge in [0.05, 0.1) is 24.1 Å². The number of piperazine rings is 1. The number of amides is 1. The number of fused-ring (bicyclic) bond motifs is 1. The number of nitrogens with two attached hydrogens (primary N) is 1. The van der Waals surface area contributed by atoms with Gasteiger partial charge < -0.3 is 35.1 Å². The molecule has 7 rings (SSSR count). The number of anilines is 1. The summed E-state index contributed by atoms with van der Waals surface area (Å²) in [6, 6.07) is 2.15. The number of rotatable bonds is 8. The van der Waals surface area contributed by atoms with E-state index in [1.165, 1.54) is 0 Å². The Morgan fingerprint density at radius 2 is 1.85 bits per heavy atom. The Kier molecular flexibility index (Phi) is 9.57. The molecule has 2 aliphatic heterocycles. The van der Waals surface area contributed by atoms with Crippen LogP contribution in [-0.2, 0) is 25.7 Å². The fourth-order valence-corrected chi connectivity index (χ4v) is 10.9. The summed E-state index contributed by atoms with van der Waals surface area (Å²) in [5.74, 6) is -0.0936. The largest absolute Gasteiger partial charge is 0.458 e. The Balaban J connectivity index is 0.967. The highest BCUT2D eigenvalue weighted by atomic mass is 16.6. The first-order valence-electron chi connectivity index (χ1n) is 19.2. The predicted molar refractivity (Wildman–Crippen MR) is 196 cm³/mol. The monoisotopic (exact) mass is 719 g/mol. The number of aliphatic hydroxyl groups excluding tert-OH is 2. The minimum Gasteiger partial charge on any atom is -0.458 e. The zero-order valence-corrected chi connectivity index (χ0v) is 31.3. The molecule has 4 heterocycles. The third-order valence-corrected chi connectivity index (χ3v) is 14.4. The third kappa shape index (κ3) is 5.86. The number of hydrogen-bond donors (Lipinski definition) is 3. The van der Waals surface area contributed by atoms with E-state index in [4.69, 9.17) is 10.5 Å². The lowest BCUT2D eigenvalue weighted by Gasteiger charge is -2.64. The Labute approximate surface area is 306 Å². The highest BCUT2D eigenvalue weighted by Gasteiger charge is 2.72. The molecule has 0 aromatic carbocycles. The molecule has 5 fully saturated rings. The quantitative estimate of drug-likeness (QED) is 0.271. The molecular weight excluding hydrogens is 662 g/mol. The van der Waals surface area contributed by atoms with Gasteiger partial charge in [-0.25, -0.2) is 9.97 Å². The van der Waals surface area contributed by atoms with Gasteiger partial charge in [0.25, 0.3) is 0 Å². The Hall–Kier alpha value is -3.39. The maximum absolute atomic E-state index is 13.7. The number of esters is 1. The standard InChI is InChI=1S/C39H57N7O6/c1-6-36(3)21-29(48)38(5)32-28(47)7-11-39(32,25(2)33(36)51)13-12-37(38,4)52-31(50)23-43-17-19-44(20-18-43)30(49)10-16-45-15-9-27-34(45)41-24-42-35(27)46-14-8-26(40)22-46/h6,9,15,24-26,29,32-33,48,51H,1,7-8,10-14,16-23,40H2,2-5H3. The van der Waals surface area contributed by atoms with Crippen LogP contribution < -0.4 is 10.6 Å².